The zero-order valence-corrected chi connectivity index (χ0v) is 6.95. The van der Waals surface area contributed by atoms with Crippen molar-refractivity contribution in [2.45, 2.75) is 13.5 Å². The van der Waals surface area contributed by atoms with Crippen LogP contribution in [0.4, 0.5) is 0 Å². The molecule has 3 nitrogen and oxygen atoms in total. The molecule has 1 heterocycles. The van der Waals surface area contributed by atoms with Crippen LogP contribution in [0.25, 0.3) is 0 Å². The second-order valence-corrected chi connectivity index (χ2v) is 2.81. The average molecular weight is 165 g/mol. The van der Waals surface area contributed by atoms with Gasteiger partial charge in [0.25, 0.3) is 0 Å². The minimum Gasteiger partial charge on any atom is -0.504 e. The van der Waals surface area contributed by atoms with Crippen molar-refractivity contribution in [1.82, 2.24) is 5.06 Å². The summed E-state index contributed by atoms with van der Waals surface area (Å²) in [6.07, 6.45) is 0. The summed E-state index contributed by atoms with van der Waals surface area (Å²) in [4.78, 5) is 5.37. The minimum atomic E-state index is 0.225. The highest BCUT2D eigenvalue weighted by atomic mass is 16.7. The number of phenols is 1. The Balaban J connectivity index is 2.35. The number of rotatable bonds is 1. The second kappa shape index (κ2) is 2.68. The normalized spacial score (nSPS) is 15.8. The number of hydrogen-bond acceptors (Lipinski definition) is 3. The Bertz CT molecular complexity index is 299. The molecule has 0 unspecified atom stereocenters. The lowest BCUT2D eigenvalue weighted by atomic mass is 10.2. The van der Waals surface area contributed by atoms with Crippen molar-refractivity contribution < 1.29 is 9.94 Å². The Kier molecular flexibility index (Phi) is 1.66. The fourth-order valence-corrected chi connectivity index (χ4v) is 1.33. The number of aromatic hydroxyl groups is 1. The third-order valence-electron chi connectivity index (χ3n) is 2.00. The molecule has 1 aliphatic rings. The van der Waals surface area contributed by atoms with Crippen molar-refractivity contribution in [3.05, 3.63) is 23.8 Å². The molecule has 0 atom stereocenters. The van der Waals surface area contributed by atoms with Gasteiger partial charge in [0.15, 0.2) is 11.5 Å². The van der Waals surface area contributed by atoms with Crippen LogP contribution in [-0.2, 0) is 6.54 Å². The van der Waals surface area contributed by atoms with Gasteiger partial charge in [0.05, 0.1) is 6.54 Å². The van der Waals surface area contributed by atoms with E-state index in [2.05, 4.69) is 0 Å². The maximum atomic E-state index is 9.39. The van der Waals surface area contributed by atoms with Crippen molar-refractivity contribution in [2.75, 3.05) is 6.54 Å². The number of hydrogen-bond donors (Lipinski definition) is 1. The smallest absolute Gasteiger partial charge is 0.193 e. The summed E-state index contributed by atoms with van der Waals surface area (Å²) in [5.74, 6) is 0.836. The van der Waals surface area contributed by atoms with Crippen molar-refractivity contribution in [3.8, 4) is 11.5 Å². The standard InChI is InChI=1S/C9H11NO2/c1-2-10-6-7-4-3-5-8(11)9(7)12-10/h3-5,11H,2,6H2,1H3. The van der Waals surface area contributed by atoms with E-state index in [0.717, 1.165) is 18.7 Å². The summed E-state index contributed by atoms with van der Waals surface area (Å²) in [5, 5.41) is 11.2. The summed E-state index contributed by atoms with van der Waals surface area (Å²) in [6.45, 7) is 3.61. The van der Waals surface area contributed by atoms with Crippen LogP contribution < -0.4 is 4.84 Å². The Hall–Kier alpha value is -1.22. The number of fused-ring (bicyclic) bond motifs is 1. The van der Waals surface area contributed by atoms with Gasteiger partial charge in [0.2, 0.25) is 0 Å². The van der Waals surface area contributed by atoms with Crippen molar-refractivity contribution >= 4 is 0 Å². The Morgan fingerprint density at radius 2 is 2.42 bits per heavy atom. The summed E-state index contributed by atoms with van der Waals surface area (Å²) in [5.41, 5.74) is 1.05. The Labute approximate surface area is 71.1 Å². The molecule has 0 aliphatic carbocycles. The fraction of sp³-hybridized carbons (Fsp3) is 0.333. The minimum absolute atomic E-state index is 0.225. The van der Waals surface area contributed by atoms with Crippen molar-refractivity contribution in [1.29, 1.82) is 0 Å². The lowest BCUT2D eigenvalue weighted by Crippen LogP contribution is -2.20. The summed E-state index contributed by atoms with van der Waals surface area (Å²) in [7, 11) is 0. The third-order valence-corrected chi connectivity index (χ3v) is 2.00. The molecule has 0 aromatic heterocycles. The average Bonchev–Trinajstić information content (AvgIpc) is 2.49. The molecule has 0 amide bonds. The molecule has 0 saturated carbocycles. The van der Waals surface area contributed by atoms with Crippen LogP contribution in [0, 0.1) is 0 Å². The van der Waals surface area contributed by atoms with Gasteiger partial charge in [-0.25, -0.2) is 0 Å². The summed E-state index contributed by atoms with van der Waals surface area (Å²) in [6, 6.07) is 5.43. The van der Waals surface area contributed by atoms with E-state index in [1.807, 2.05) is 24.1 Å². The number of para-hydroxylation sites is 1. The van der Waals surface area contributed by atoms with E-state index in [1.54, 1.807) is 6.07 Å². The monoisotopic (exact) mass is 165 g/mol. The number of hydroxylamine groups is 2. The van der Waals surface area contributed by atoms with Crippen LogP contribution in [-0.4, -0.2) is 16.7 Å². The van der Waals surface area contributed by atoms with E-state index in [9.17, 15) is 5.11 Å². The maximum absolute atomic E-state index is 9.39. The molecule has 1 aliphatic heterocycles. The molecule has 0 radical (unpaired) electrons. The Morgan fingerprint density at radius 3 is 3.08 bits per heavy atom. The van der Waals surface area contributed by atoms with E-state index < -0.39 is 0 Å². The lowest BCUT2D eigenvalue weighted by Gasteiger charge is -2.10. The van der Waals surface area contributed by atoms with Crippen molar-refractivity contribution in [3.63, 3.8) is 0 Å². The van der Waals surface area contributed by atoms with Crippen LogP contribution in [0.15, 0.2) is 18.2 Å². The first-order valence-corrected chi connectivity index (χ1v) is 4.05. The molecular formula is C9H11NO2. The molecule has 0 spiro atoms. The first-order valence-electron chi connectivity index (χ1n) is 4.05. The highest BCUT2D eigenvalue weighted by Gasteiger charge is 2.21. The molecule has 1 N–H and O–H groups in total. The van der Waals surface area contributed by atoms with Gasteiger partial charge in [0, 0.05) is 12.1 Å². The molecule has 1 aromatic rings. The van der Waals surface area contributed by atoms with E-state index in [0.29, 0.717) is 5.75 Å². The summed E-state index contributed by atoms with van der Waals surface area (Å²) < 4.78 is 0. The first-order chi connectivity index (χ1) is 5.81. The quantitative estimate of drug-likeness (QED) is 0.684. The fourth-order valence-electron chi connectivity index (χ4n) is 1.33. The summed E-state index contributed by atoms with van der Waals surface area (Å²) >= 11 is 0. The van der Waals surface area contributed by atoms with Crippen LogP contribution in [0.3, 0.4) is 0 Å². The molecule has 12 heavy (non-hydrogen) atoms. The maximum Gasteiger partial charge on any atom is 0.193 e. The van der Waals surface area contributed by atoms with Gasteiger partial charge in [0.1, 0.15) is 0 Å². The number of nitrogens with zero attached hydrogens (tertiary/aromatic N) is 1. The predicted octanol–water partition coefficient (Wildman–Crippen LogP) is 1.52. The second-order valence-electron chi connectivity index (χ2n) is 2.81. The topological polar surface area (TPSA) is 32.7 Å². The predicted molar refractivity (Wildman–Crippen MR) is 44.8 cm³/mol. The van der Waals surface area contributed by atoms with Gasteiger partial charge in [-0.2, -0.15) is 0 Å². The van der Waals surface area contributed by atoms with Crippen LogP contribution in [0.5, 0.6) is 11.5 Å². The van der Waals surface area contributed by atoms with Gasteiger partial charge in [-0.1, -0.05) is 12.1 Å². The van der Waals surface area contributed by atoms with Gasteiger partial charge < -0.3 is 9.94 Å². The molecule has 2 rings (SSSR count). The molecule has 3 heteroatoms. The molecular weight excluding hydrogens is 154 g/mol. The van der Waals surface area contributed by atoms with Crippen LogP contribution in [0.2, 0.25) is 0 Å². The molecule has 1 aromatic carbocycles. The lowest BCUT2D eigenvalue weighted by molar-refractivity contribution is -0.0388. The van der Waals surface area contributed by atoms with E-state index in [-0.39, 0.29) is 5.75 Å². The van der Waals surface area contributed by atoms with Crippen LogP contribution in [0.1, 0.15) is 12.5 Å². The van der Waals surface area contributed by atoms with Gasteiger partial charge >= 0.3 is 0 Å². The number of benzene rings is 1. The SMILES string of the molecule is CCN1Cc2cccc(O)c2O1. The van der Waals surface area contributed by atoms with Gasteiger partial charge in [-0.15, -0.1) is 5.06 Å². The van der Waals surface area contributed by atoms with Gasteiger partial charge in [-0.3, -0.25) is 0 Å². The molecule has 0 bridgehead atoms. The third kappa shape index (κ3) is 1.02. The van der Waals surface area contributed by atoms with Crippen molar-refractivity contribution in [2.24, 2.45) is 0 Å². The highest BCUT2D eigenvalue weighted by molar-refractivity contribution is 5.46. The van der Waals surface area contributed by atoms with Crippen LogP contribution >= 0.6 is 0 Å². The molecule has 0 fully saturated rings. The molecule has 0 saturated heterocycles. The zero-order valence-electron chi connectivity index (χ0n) is 6.95. The first kappa shape index (κ1) is 7.43. The largest absolute Gasteiger partial charge is 0.504 e. The van der Waals surface area contributed by atoms with Gasteiger partial charge in [-0.05, 0) is 13.0 Å². The number of phenolic OH excluding ortho intramolecular Hbond substituents is 1. The Morgan fingerprint density at radius 1 is 1.58 bits per heavy atom. The van der Waals surface area contributed by atoms with E-state index >= 15 is 0 Å². The molecule has 64 valence electrons. The van der Waals surface area contributed by atoms with E-state index in [1.165, 1.54) is 0 Å². The highest BCUT2D eigenvalue weighted by Crippen LogP contribution is 2.35. The zero-order chi connectivity index (χ0) is 8.55. The van der Waals surface area contributed by atoms with E-state index in [4.69, 9.17) is 4.84 Å².